The molecule has 1 nitrogen and oxygen atoms in total. The minimum absolute atomic E-state index is 0.335. The van der Waals surface area contributed by atoms with E-state index in [1.807, 2.05) is 0 Å². The van der Waals surface area contributed by atoms with E-state index in [-0.39, 0.29) is 0 Å². The molecule has 1 heteroatoms. The van der Waals surface area contributed by atoms with Gasteiger partial charge in [-0.05, 0) is 31.6 Å². The highest BCUT2D eigenvalue weighted by Crippen LogP contribution is 2.60. The van der Waals surface area contributed by atoms with Crippen molar-refractivity contribution in [3.8, 4) is 0 Å². The van der Waals surface area contributed by atoms with Gasteiger partial charge >= 0.3 is 0 Å². The Morgan fingerprint density at radius 2 is 1.87 bits per heavy atom. The second-order valence-electron chi connectivity index (χ2n) is 6.16. The lowest BCUT2D eigenvalue weighted by Crippen LogP contribution is -2.36. The number of nitrogens with zero attached hydrogens (tertiary/aromatic N) is 1. The van der Waals surface area contributed by atoms with E-state index in [2.05, 4.69) is 37.8 Å². The SMILES string of the molecule is CC1=CC2(C)C=C(N3CCC3)CC2(C)C1. The van der Waals surface area contributed by atoms with Crippen LogP contribution in [0, 0.1) is 10.8 Å². The molecule has 2 atom stereocenters. The Balaban J connectivity index is 1.93. The van der Waals surface area contributed by atoms with E-state index in [1.165, 1.54) is 32.4 Å². The number of hydrogen-bond donors (Lipinski definition) is 0. The van der Waals surface area contributed by atoms with E-state index in [1.54, 1.807) is 11.3 Å². The first-order valence-corrected chi connectivity index (χ1v) is 6.17. The maximum Gasteiger partial charge on any atom is 0.0191 e. The van der Waals surface area contributed by atoms with Crippen LogP contribution in [0.25, 0.3) is 0 Å². The largest absolute Gasteiger partial charge is 0.375 e. The van der Waals surface area contributed by atoms with Gasteiger partial charge in [0.15, 0.2) is 0 Å². The molecule has 0 aromatic rings. The van der Waals surface area contributed by atoms with Gasteiger partial charge < -0.3 is 4.90 Å². The van der Waals surface area contributed by atoms with Crippen molar-refractivity contribution in [2.45, 2.75) is 40.0 Å². The topological polar surface area (TPSA) is 3.24 Å². The third-order valence-corrected chi connectivity index (χ3v) is 4.82. The van der Waals surface area contributed by atoms with Crippen molar-refractivity contribution in [2.24, 2.45) is 10.8 Å². The van der Waals surface area contributed by atoms with E-state index in [0.717, 1.165) is 0 Å². The summed E-state index contributed by atoms with van der Waals surface area (Å²) in [4.78, 5) is 2.57. The highest BCUT2D eigenvalue weighted by Gasteiger charge is 2.51. The maximum absolute atomic E-state index is 2.57. The average molecular weight is 203 g/mol. The van der Waals surface area contributed by atoms with Gasteiger partial charge in [0.1, 0.15) is 0 Å². The van der Waals surface area contributed by atoms with Crippen molar-refractivity contribution in [2.75, 3.05) is 13.1 Å². The summed E-state index contributed by atoms with van der Waals surface area (Å²) in [6, 6.07) is 0. The van der Waals surface area contributed by atoms with Crippen LogP contribution in [0.15, 0.2) is 23.4 Å². The van der Waals surface area contributed by atoms with Crippen molar-refractivity contribution in [3.63, 3.8) is 0 Å². The van der Waals surface area contributed by atoms with Crippen LogP contribution in [-0.4, -0.2) is 18.0 Å². The third-order valence-electron chi connectivity index (χ3n) is 4.82. The zero-order valence-electron chi connectivity index (χ0n) is 10.1. The number of hydrogen-bond acceptors (Lipinski definition) is 1. The Kier molecular flexibility index (Phi) is 1.70. The van der Waals surface area contributed by atoms with Crippen molar-refractivity contribution in [1.82, 2.24) is 4.90 Å². The number of allylic oxidation sites excluding steroid dienone is 4. The summed E-state index contributed by atoms with van der Waals surface area (Å²) in [5.41, 5.74) is 4.01. The van der Waals surface area contributed by atoms with Crippen molar-refractivity contribution >= 4 is 0 Å². The van der Waals surface area contributed by atoms with Gasteiger partial charge in [0.05, 0.1) is 0 Å². The molecule has 0 amide bonds. The number of fused-ring (bicyclic) bond motifs is 1. The summed E-state index contributed by atoms with van der Waals surface area (Å²) in [6.07, 6.45) is 9.01. The van der Waals surface area contributed by atoms with Gasteiger partial charge in [0, 0.05) is 24.2 Å². The van der Waals surface area contributed by atoms with Crippen molar-refractivity contribution in [1.29, 1.82) is 0 Å². The molecule has 2 unspecified atom stereocenters. The van der Waals surface area contributed by atoms with Crippen LogP contribution in [0.4, 0.5) is 0 Å². The molecular weight excluding hydrogens is 182 g/mol. The van der Waals surface area contributed by atoms with Crippen molar-refractivity contribution in [3.05, 3.63) is 23.4 Å². The smallest absolute Gasteiger partial charge is 0.0191 e. The fraction of sp³-hybridized carbons (Fsp3) is 0.714. The van der Waals surface area contributed by atoms with Gasteiger partial charge in [0.2, 0.25) is 0 Å². The van der Waals surface area contributed by atoms with Crippen LogP contribution < -0.4 is 0 Å². The summed E-state index contributed by atoms with van der Waals surface area (Å²) >= 11 is 0. The molecule has 0 spiro atoms. The molecule has 82 valence electrons. The number of rotatable bonds is 1. The Morgan fingerprint density at radius 3 is 2.40 bits per heavy atom. The summed E-state index contributed by atoms with van der Waals surface area (Å²) in [7, 11) is 0. The highest BCUT2D eigenvalue weighted by molar-refractivity contribution is 5.36. The molecule has 1 aliphatic heterocycles. The Morgan fingerprint density at radius 1 is 1.13 bits per heavy atom. The maximum atomic E-state index is 2.57. The lowest BCUT2D eigenvalue weighted by molar-refractivity contribution is 0.185. The first kappa shape index (κ1) is 9.50. The Bertz CT molecular complexity index is 362. The lowest BCUT2D eigenvalue weighted by Gasteiger charge is -2.36. The van der Waals surface area contributed by atoms with Crippen LogP contribution in [0.3, 0.4) is 0 Å². The molecule has 2 aliphatic carbocycles. The molecule has 15 heavy (non-hydrogen) atoms. The summed E-state index contributed by atoms with van der Waals surface area (Å²) < 4.78 is 0. The predicted molar refractivity (Wildman–Crippen MR) is 63.5 cm³/mol. The normalized spacial score (nSPS) is 43.5. The molecule has 0 saturated carbocycles. The molecule has 3 rings (SSSR count). The zero-order valence-corrected chi connectivity index (χ0v) is 10.1. The van der Waals surface area contributed by atoms with Gasteiger partial charge in [-0.2, -0.15) is 0 Å². The summed E-state index contributed by atoms with van der Waals surface area (Å²) in [5, 5.41) is 0. The molecule has 0 bridgehead atoms. The quantitative estimate of drug-likeness (QED) is 0.591. The van der Waals surface area contributed by atoms with Gasteiger partial charge in [0.25, 0.3) is 0 Å². The minimum Gasteiger partial charge on any atom is -0.375 e. The van der Waals surface area contributed by atoms with E-state index in [9.17, 15) is 0 Å². The average Bonchev–Trinajstić information content (AvgIpc) is 2.28. The van der Waals surface area contributed by atoms with Gasteiger partial charge in [-0.1, -0.05) is 31.6 Å². The standard InChI is InChI=1S/C14H21N/c1-11-7-13(2)9-12(15-5-4-6-15)10-14(13,3)8-11/h7,9H,4-6,8,10H2,1-3H3. The molecule has 0 aromatic carbocycles. The minimum atomic E-state index is 0.335. The van der Waals surface area contributed by atoms with E-state index in [0.29, 0.717) is 10.8 Å². The van der Waals surface area contributed by atoms with Crippen LogP contribution in [0.2, 0.25) is 0 Å². The first-order chi connectivity index (χ1) is 7.02. The Hall–Kier alpha value is -0.720. The lowest BCUT2D eigenvalue weighted by atomic mass is 9.70. The molecule has 0 aromatic heterocycles. The molecule has 1 heterocycles. The molecule has 3 aliphatic rings. The molecular formula is C14H21N. The van der Waals surface area contributed by atoms with Gasteiger partial charge in [-0.15, -0.1) is 0 Å². The number of likely N-dealkylation sites (tertiary alicyclic amines) is 1. The fourth-order valence-corrected chi connectivity index (χ4v) is 3.62. The Labute approximate surface area is 92.8 Å². The highest BCUT2D eigenvalue weighted by atomic mass is 15.2. The molecule has 1 saturated heterocycles. The fourth-order valence-electron chi connectivity index (χ4n) is 3.62. The van der Waals surface area contributed by atoms with Crippen LogP contribution in [0.1, 0.15) is 40.0 Å². The van der Waals surface area contributed by atoms with E-state index >= 15 is 0 Å². The van der Waals surface area contributed by atoms with Crippen LogP contribution in [-0.2, 0) is 0 Å². The third kappa shape index (κ3) is 1.15. The zero-order chi connectivity index (χ0) is 10.7. The molecule has 0 N–H and O–H groups in total. The monoisotopic (exact) mass is 203 g/mol. The molecule has 0 radical (unpaired) electrons. The predicted octanol–water partition coefficient (Wildman–Crippen LogP) is 3.34. The van der Waals surface area contributed by atoms with E-state index in [4.69, 9.17) is 0 Å². The molecule has 1 fully saturated rings. The summed E-state index contributed by atoms with van der Waals surface area (Å²) in [5.74, 6) is 0. The summed E-state index contributed by atoms with van der Waals surface area (Å²) in [6.45, 7) is 9.74. The van der Waals surface area contributed by atoms with Gasteiger partial charge in [-0.3, -0.25) is 0 Å². The van der Waals surface area contributed by atoms with E-state index < -0.39 is 0 Å². The first-order valence-electron chi connectivity index (χ1n) is 6.17. The second kappa shape index (κ2) is 2.69. The van der Waals surface area contributed by atoms with Crippen molar-refractivity contribution < 1.29 is 0 Å². The second-order valence-corrected chi connectivity index (χ2v) is 6.16. The van der Waals surface area contributed by atoms with Crippen LogP contribution in [0.5, 0.6) is 0 Å². The van der Waals surface area contributed by atoms with Gasteiger partial charge in [-0.25, -0.2) is 0 Å². The van der Waals surface area contributed by atoms with Crippen LogP contribution >= 0.6 is 0 Å².